The van der Waals surface area contributed by atoms with E-state index in [-0.39, 0.29) is 11.5 Å². The van der Waals surface area contributed by atoms with E-state index < -0.39 is 24.0 Å². The molecule has 0 aliphatic heterocycles. The van der Waals surface area contributed by atoms with Crippen molar-refractivity contribution in [1.82, 2.24) is 14.6 Å². The summed E-state index contributed by atoms with van der Waals surface area (Å²) < 4.78 is 6.17. The number of esters is 1. The van der Waals surface area contributed by atoms with Crippen molar-refractivity contribution in [1.29, 1.82) is 0 Å². The Morgan fingerprint density at radius 2 is 1.81 bits per heavy atom. The van der Waals surface area contributed by atoms with Gasteiger partial charge in [-0.15, -0.1) is 0 Å². The van der Waals surface area contributed by atoms with E-state index in [1.807, 2.05) is 0 Å². The van der Waals surface area contributed by atoms with E-state index in [4.69, 9.17) is 4.74 Å². The smallest absolute Gasteiger partial charge is 0.347 e. The molecule has 2 heterocycles. The summed E-state index contributed by atoms with van der Waals surface area (Å²) in [5.41, 5.74) is 0.903. The van der Waals surface area contributed by atoms with E-state index in [1.54, 1.807) is 12.1 Å². The van der Waals surface area contributed by atoms with Crippen LogP contribution in [-0.4, -0.2) is 38.9 Å². The standard InChI is InChI=1S/C17H14N4O5/c1-10(22)18-13-5-2-11(3-6-13)14(23)9-26-16(24)12-4-7-15-19-20-17(25)21(15)8-12/h2-8H,9H2,1H3,(H,18,22)(H,20,25). The van der Waals surface area contributed by atoms with Crippen LogP contribution < -0.4 is 11.0 Å². The lowest BCUT2D eigenvalue weighted by Crippen LogP contribution is -2.16. The van der Waals surface area contributed by atoms with Crippen LogP contribution in [0.15, 0.2) is 47.4 Å². The quantitative estimate of drug-likeness (QED) is 0.521. The summed E-state index contributed by atoms with van der Waals surface area (Å²) in [7, 11) is 0. The molecule has 9 heteroatoms. The molecule has 2 N–H and O–H groups in total. The number of aromatic amines is 1. The number of amides is 1. The second kappa shape index (κ2) is 7.01. The summed E-state index contributed by atoms with van der Waals surface area (Å²) in [5, 5.41) is 8.59. The lowest BCUT2D eigenvalue weighted by atomic mass is 10.1. The number of rotatable bonds is 5. The first kappa shape index (κ1) is 17.1. The van der Waals surface area contributed by atoms with Crippen molar-refractivity contribution in [2.24, 2.45) is 0 Å². The van der Waals surface area contributed by atoms with Crippen molar-refractivity contribution >= 4 is 29.0 Å². The SMILES string of the molecule is CC(=O)Nc1ccc(C(=O)COC(=O)c2ccc3n[nH]c(=O)n3c2)cc1. The Labute approximate surface area is 146 Å². The van der Waals surface area contributed by atoms with Crippen molar-refractivity contribution in [3.8, 4) is 0 Å². The van der Waals surface area contributed by atoms with Gasteiger partial charge in [0.25, 0.3) is 0 Å². The van der Waals surface area contributed by atoms with Crippen LogP contribution >= 0.6 is 0 Å². The number of nitrogens with zero attached hydrogens (tertiary/aromatic N) is 2. The van der Waals surface area contributed by atoms with Crippen LogP contribution in [0, 0.1) is 0 Å². The van der Waals surface area contributed by atoms with E-state index in [9.17, 15) is 19.2 Å². The fourth-order valence-electron chi connectivity index (χ4n) is 2.27. The highest BCUT2D eigenvalue weighted by Crippen LogP contribution is 2.11. The second-order valence-corrected chi connectivity index (χ2v) is 5.43. The van der Waals surface area contributed by atoms with E-state index in [1.165, 1.54) is 41.8 Å². The van der Waals surface area contributed by atoms with Crippen LogP contribution in [0.5, 0.6) is 0 Å². The van der Waals surface area contributed by atoms with E-state index in [0.29, 0.717) is 16.9 Å². The van der Waals surface area contributed by atoms with Crippen LogP contribution in [0.4, 0.5) is 5.69 Å². The first-order valence-corrected chi connectivity index (χ1v) is 7.59. The highest BCUT2D eigenvalue weighted by Gasteiger charge is 2.13. The molecule has 26 heavy (non-hydrogen) atoms. The zero-order valence-corrected chi connectivity index (χ0v) is 13.7. The first-order chi connectivity index (χ1) is 12.4. The van der Waals surface area contributed by atoms with Gasteiger partial charge < -0.3 is 10.1 Å². The molecule has 0 saturated heterocycles. The van der Waals surface area contributed by atoms with Crippen molar-refractivity contribution < 1.29 is 19.1 Å². The van der Waals surface area contributed by atoms with Crippen molar-refractivity contribution in [3.63, 3.8) is 0 Å². The predicted molar refractivity (Wildman–Crippen MR) is 91.2 cm³/mol. The van der Waals surface area contributed by atoms with Crippen molar-refractivity contribution in [3.05, 3.63) is 64.2 Å². The number of hydrogen-bond donors (Lipinski definition) is 2. The topological polar surface area (TPSA) is 123 Å². The Balaban J connectivity index is 1.64. The average molecular weight is 354 g/mol. The lowest BCUT2D eigenvalue weighted by molar-refractivity contribution is -0.114. The number of hydrogen-bond acceptors (Lipinski definition) is 6. The summed E-state index contributed by atoms with van der Waals surface area (Å²) in [6, 6.07) is 9.14. The summed E-state index contributed by atoms with van der Waals surface area (Å²) in [6.45, 7) is 0.935. The van der Waals surface area contributed by atoms with E-state index >= 15 is 0 Å². The molecule has 3 aromatic rings. The molecule has 9 nitrogen and oxygen atoms in total. The molecule has 0 aliphatic carbocycles. The monoisotopic (exact) mass is 354 g/mol. The highest BCUT2D eigenvalue weighted by atomic mass is 16.5. The molecule has 3 rings (SSSR count). The first-order valence-electron chi connectivity index (χ1n) is 7.59. The number of carbonyl (C=O) groups is 3. The maximum atomic E-state index is 12.1. The number of fused-ring (bicyclic) bond motifs is 1. The molecule has 0 fully saturated rings. The number of anilines is 1. The zero-order valence-electron chi connectivity index (χ0n) is 13.7. The number of nitrogens with one attached hydrogen (secondary N) is 2. The van der Waals surface area contributed by atoms with Crippen LogP contribution in [0.3, 0.4) is 0 Å². The Hall–Kier alpha value is -3.75. The predicted octanol–water partition coefficient (Wildman–Crippen LogP) is 1.02. The molecule has 132 valence electrons. The second-order valence-electron chi connectivity index (χ2n) is 5.43. The molecular formula is C17H14N4O5. The van der Waals surface area contributed by atoms with Gasteiger partial charge in [-0.3, -0.25) is 9.59 Å². The van der Waals surface area contributed by atoms with Gasteiger partial charge in [0.2, 0.25) is 5.91 Å². The number of ether oxygens (including phenoxy) is 1. The third-order valence-corrected chi connectivity index (χ3v) is 3.51. The molecule has 2 aromatic heterocycles. The summed E-state index contributed by atoms with van der Waals surface area (Å²) in [6.07, 6.45) is 1.29. The Morgan fingerprint density at radius 1 is 1.12 bits per heavy atom. The molecule has 1 amide bonds. The van der Waals surface area contributed by atoms with Crippen LogP contribution in [0.2, 0.25) is 0 Å². The maximum Gasteiger partial charge on any atom is 0.347 e. The zero-order chi connectivity index (χ0) is 18.7. The molecule has 1 aromatic carbocycles. The van der Waals surface area contributed by atoms with E-state index in [0.717, 1.165) is 0 Å². The number of carbonyl (C=O) groups excluding carboxylic acids is 3. The molecule has 0 atom stereocenters. The van der Waals surface area contributed by atoms with Gasteiger partial charge in [0.05, 0.1) is 5.56 Å². The molecular weight excluding hydrogens is 340 g/mol. The highest BCUT2D eigenvalue weighted by molar-refractivity contribution is 6.00. The molecule has 0 bridgehead atoms. The lowest BCUT2D eigenvalue weighted by Gasteiger charge is -2.06. The van der Waals surface area contributed by atoms with Gasteiger partial charge >= 0.3 is 11.7 Å². The third kappa shape index (κ3) is 3.66. The average Bonchev–Trinajstić information content (AvgIpc) is 3.00. The van der Waals surface area contributed by atoms with Gasteiger partial charge in [0.15, 0.2) is 18.0 Å². The minimum Gasteiger partial charge on any atom is -0.454 e. The third-order valence-electron chi connectivity index (χ3n) is 3.51. The van der Waals surface area contributed by atoms with Gasteiger partial charge in [-0.2, -0.15) is 5.10 Å². The minimum atomic E-state index is -0.733. The summed E-state index contributed by atoms with van der Waals surface area (Å²) >= 11 is 0. The van der Waals surface area contributed by atoms with Gasteiger partial charge in [0, 0.05) is 24.4 Å². The number of H-pyrrole nitrogens is 1. The van der Waals surface area contributed by atoms with Crippen LogP contribution in [0.1, 0.15) is 27.6 Å². The van der Waals surface area contributed by atoms with Crippen LogP contribution in [0.25, 0.3) is 5.65 Å². The fourth-order valence-corrected chi connectivity index (χ4v) is 2.27. The summed E-state index contributed by atoms with van der Waals surface area (Å²) in [5.74, 6) is -1.34. The van der Waals surface area contributed by atoms with Gasteiger partial charge in [-0.1, -0.05) is 0 Å². The van der Waals surface area contributed by atoms with Gasteiger partial charge in [-0.05, 0) is 36.4 Å². The van der Waals surface area contributed by atoms with Crippen LogP contribution in [-0.2, 0) is 9.53 Å². The van der Waals surface area contributed by atoms with Crippen molar-refractivity contribution in [2.45, 2.75) is 6.92 Å². The normalized spacial score (nSPS) is 10.5. The molecule has 0 spiro atoms. The Morgan fingerprint density at radius 3 is 2.50 bits per heavy atom. The summed E-state index contributed by atoms with van der Waals surface area (Å²) in [4.78, 5) is 46.6. The number of Topliss-reactive ketones (excluding diaryl/α,β-unsaturated/α-hetero) is 1. The fraction of sp³-hybridized carbons (Fsp3) is 0.118. The number of pyridine rings is 1. The molecule has 0 saturated carbocycles. The Bertz CT molecular complexity index is 1050. The Kier molecular flexibility index (Phi) is 4.61. The molecule has 0 radical (unpaired) electrons. The largest absolute Gasteiger partial charge is 0.454 e. The number of aromatic nitrogens is 3. The van der Waals surface area contributed by atoms with Gasteiger partial charge in [-0.25, -0.2) is 19.1 Å². The maximum absolute atomic E-state index is 12.1. The van der Waals surface area contributed by atoms with Crippen molar-refractivity contribution in [2.75, 3.05) is 11.9 Å². The van der Waals surface area contributed by atoms with E-state index in [2.05, 4.69) is 15.5 Å². The minimum absolute atomic E-state index is 0.120. The number of benzene rings is 1. The number of ketones is 1. The van der Waals surface area contributed by atoms with Gasteiger partial charge in [0.1, 0.15) is 0 Å². The molecule has 0 unspecified atom stereocenters. The molecule has 0 aliphatic rings.